The number of aryl methyl sites for hydroxylation is 1. The second-order valence-corrected chi connectivity index (χ2v) is 4.18. The van der Waals surface area contributed by atoms with E-state index in [1.807, 2.05) is 13.0 Å². The zero-order valence-corrected chi connectivity index (χ0v) is 11.1. The van der Waals surface area contributed by atoms with Gasteiger partial charge in [-0.05, 0) is 36.8 Å². The summed E-state index contributed by atoms with van der Waals surface area (Å²) in [7, 11) is 0. The van der Waals surface area contributed by atoms with E-state index in [1.165, 1.54) is 0 Å². The molecular weight excluding hydrogens is 252 g/mol. The van der Waals surface area contributed by atoms with Gasteiger partial charge in [-0.3, -0.25) is 9.78 Å². The van der Waals surface area contributed by atoms with Crippen molar-refractivity contribution in [2.45, 2.75) is 6.92 Å². The van der Waals surface area contributed by atoms with Gasteiger partial charge in [0.25, 0.3) is 5.91 Å². The van der Waals surface area contributed by atoms with Gasteiger partial charge in [0, 0.05) is 29.2 Å². The number of carbonyl (C=O) groups excluding carboxylic acids is 1. The first kappa shape index (κ1) is 13.8. The van der Waals surface area contributed by atoms with Crippen molar-refractivity contribution < 1.29 is 9.90 Å². The van der Waals surface area contributed by atoms with E-state index in [9.17, 15) is 4.79 Å². The summed E-state index contributed by atoms with van der Waals surface area (Å²) in [5, 5.41) is 11.5. The van der Waals surface area contributed by atoms with Crippen LogP contribution in [0.3, 0.4) is 0 Å². The van der Waals surface area contributed by atoms with Gasteiger partial charge in [-0.15, -0.1) is 0 Å². The first-order valence-electron chi connectivity index (χ1n) is 6.12. The van der Waals surface area contributed by atoms with E-state index in [4.69, 9.17) is 5.11 Å². The molecule has 2 aromatic rings. The van der Waals surface area contributed by atoms with E-state index < -0.39 is 0 Å². The number of aliphatic hydroxyl groups is 1. The number of carbonyl (C=O) groups is 1. The average Bonchev–Trinajstić information content (AvgIpc) is 2.47. The first-order chi connectivity index (χ1) is 9.70. The maximum absolute atomic E-state index is 12.1. The van der Waals surface area contributed by atoms with Crippen molar-refractivity contribution in [3.05, 3.63) is 59.4 Å². The van der Waals surface area contributed by atoms with Crippen LogP contribution in [0.25, 0.3) is 0 Å². The zero-order valence-electron chi connectivity index (χ0n) is 11.1. The Morgan fingerprint density at radius 2 is 2.05 bits per heavy atom. The van der Waals surface area contributed by atoms with Crippen LogP contribution in [-0.4, -0.2) is 22.6 Å². The van der Waals surface area contributed by atoms with Crippen LogP contribution in [0, 0.1) is 18.8 Å². The molecule has 2 N–H and O–H groups in total. The number of amides is 1. The van der Waals surface area contributed by atoms with Crippen molar-refractivity contribution in [3.8, 4) is 11.8 Å². The van der Waals surface area contributed by atoms with Gasteiger partial charge in [-0.1, -0.05) is 17.9 Å². The first-order valence-corrected chi connectivity index (χ1v) is 6.12. The molecule has 0 aliphatic rings. The third kappa shape index (κ3) is 3.44. The van der Waals surface area contributed by atoms with Gasteiger partial charge in [-0.2, -0.15) is 0 Å². The molecule has 1 heterocycles. The van der Waals surface area contributed by atoms with Crippen molar-refractivity contribution in [2.75, 3.05) is 11.9 Å². The molecule has 0 saturated heterocycles. The Kier molecular flexibility index (Phi) is 4.48. The molecule has 0 fully saturated rings. The standard InChI is InChI=1S/C16H14N2O2/c1-12-4-5-14(11-13(12)3-2-10-19)16(20)18-15-6-8-17-9-7-15/h4-9,11,19H,10H2,1H3,(H,17,18,20). The minimum absolute atomic E-state index is 0.202. The van der Waals surface area contributed by atoms with Gasteiger partial charge in [0.15, 0.2) is 0 Å². The van der Waals surface area contributed by atoms with Crippen LogP contribution in [-0.2, 0) is 0 Å². The van der Waals surface area contributed by atoms with Crippen LogP contribution in [0.1, 0.15) is 21.5 Å². The van der Waals surface area contributed by atoms with Gasteiger partial charge in [-0.25, -0.2) is 0 Å². The highest BCUT2D eigenvalue weighted by atomic mass is 16.2. The highest BCUT2D eigenvalue weighted by Crippen LogP contribution is 2.12. The number of pyridine rings is 1. The van der Waals surface area contributed by atoms with Gasteiger partial charge < -0.3 is 10.4 Å². The number of hydrogen-bond acceptors (Lipinski definition) is 3. The van der Waals surface area contributed by atoms with E-state index in [0.29, 0.717) is 11.3 Å². The molecule has 0 radical (unpaired) electrons. The topological polar surface area (TPSA) is 62.2 Å². The summed E-state index contributed by atoms with van der Waals surface area (Å²) in [5.41, 5.74) is 2.91. The fourth-order valence-electron chi connectivity index (χ4n) is 1.67. The number of benzene rings is 1. The van der Waals surface area contributed by atoms with Crippen molar-refractivity contribution in [1.82, 2.24) is 4.98 Å². The minimum Gasteiger partial charge on any atom is -0.384 e. The molecule has 1 amide bonds. The maximum Gasteiger partial charge on any atom is 0.255 e. The molecular formula is C16H14N2O2. The SMILES string of the molecule is Cc1ccc(C(=O)Nc2ccncc2)cc1C#CCO. The predicted molar refractivity (Wildman–Crippen MR) is 77.3 cm³/mol. The van der Waals surface area contributed by atoms with Crippen molar-refractivity contribution in [2.24, 2.45) is 0 Å². The Morgan fingerprint density at radius 3 is 2.75 bits per heavy atom. The third-order valence-electron chi connectivity index (χ3n) is 2.74. The number of nitrogens with one attached hydrogen (secondary N) is 1. The second kappa shape index (κ2) is 6.50. The molecule has 1 aromatic heterocycles. The summed E-state index contributed by atoms with van der Waals surface area (Å²) in [4.78, 5) is 16.0. The molecule has 4 heteroatoms. The van der Waals surface area contributed by atoms with Crippen LogP contribution in [0.15, 0.2) is 42.7 Å². The highest BCUT2D eigenvalue weighted by Gasteiger charge is 2.07. The molecule has 0 bridgehead atoms. The van der Waals surface area contributed by atoms with E-state index in [0.717, 1.165) is 11.1 Å². The summed E-state index contributed by atoms with van der Waals surface area (Å²) in [6.45, 7) is 1.71. The van der Waals surface area contributed by atoms with Gasteiger partial charge >= 0.3 is 0 Å². The second-order valence-electron chi connectivity index (χ2n) is 4.18. The fourth-order valence-corrected chi connectivity index (χ4v) is 1.67. The Hall–Kier alpha value is -2.64. The van der Waals surface area contributed by atoms with Gasteiger partial charge in [0.05, 0.1) is 0 Å². The quantitative estimate of drug-likeness (QED) is 0.817. The summed E-state index contributed by atoms with van der Waals surface area (Å²) < 4.78 is 0. The molecule has 100 valence electrons. The number of rotatable bonds is 2. The summed E-state index contributed by atoms with van der Waals surface area (Å²) in [5.74, 6) is 5.21. The van der Waals surface area contributed by atoms with Crippen molar-refractivity contribution >= 4 is 11.6 Å². The lowest BCUT2D eigenvalue weighted by Crippen LogP contribution is -2.12. The highest BCUT2D eigenvalue weighted by molar-refractivity contribution is 6.04. The number of aromatic nitrogens is 1. The number of anilines is 1. The number of nitrogens with zero attached hydrogens (tertiary/aromatic N) is 1. The van der Waals surface area contributed by atoms with Crippen LogP contribution in [0.5, 0.6) is 0 Å². The summed E-state index contributed by atoms with van der Waals surface area (Å²) >= 11 is 0. The number of hydrogen-bond donors (Lipinski definition) is 2. The molecule has 4 nitrogen and oxygen atoms in total. The van der Waals surface area contributed by atoms with E-state index in [-0.39, 0.29) is 12.5 Å². The number of aliphatic hydroxyl groups excluding tert-OH is 1. The molecule has 20 heavy (non-hydrogen) atoms. The molecule has 0 atom stereocenters. The average molecular weight is 266 g/mol. The van der Waals surface area contributed by atoms with Crippen LogP contribution in [0.2, 0.25) is 0 Å². The van der Waals surface area contributed by atoms with Crippen LogP contribution < -0.4 is 5.32 Å². The lowest BCUT2D eigenvalue weighted by molar-refractivity contribution is 0.102. The summed E-state index contributed by atoms with van der Waals surface area (Å²) in [6, 6.07) is 8.74. The largest absolute Gasteiger partial charge is 0.384 e. The minimum atomic E-state index is -0.205. The third-order valence-corrected chi connectivity index (χ3v) is 2.74. The lowest BCUT2D eigenvalue weighted by atomic mass is 10.0. The molecule has 0 aliphatic carbocycles. The molecule has 0 unspecified atom stereocenters. The van der Waals surface area contributed by atoms with Gasteiger partial charge in [0.2, 0.25) is 0 Å². The Balaban J connectivity index is 2.22. The van der Waals surface area contributed by atoms with Crippen molar-refractivity contribution in [3.63, 3.8) is 0 Å². The van der Waals surface area contributed by atoms with Crippen molar-refractivity contribution in [1.29, 1.82) is 0 Å². The van der Waals surface area contributed by atoms with E-state index in [2.05, 4.69) is 22.1 Å². The molecule has 0 saturated carbocycles. The Labute approximate surface area is 117 Å². The lowest BCUT2D eigenvalue weighted by Gasteiger charge is -2.06. The molecule has 0 aliphatic heterocycles. The van der Waals surface area contributed by atoms with E-state index >= 15 is 0 Å². The summed E-state index contributed by atoms with van der Waals surface area (Å²) in [6.07, 6.45) is 3.23. The molecule has 1 aromatic carbocycles. The van der Waals surface area contributed by atoms with Gasteiger partial charge in [0.1, 0.15) is 6.61 Å². The Bertz CT molecular complexity index is 670. The normalized spacial score (nSPS) is 9.50. The maximum atomic E-state index is 12.1. The predicted octanol–water partition coefficient (Wildman–Crippen LogP) is 1.99. The van der Waals surface area contributed by atoms with Crippen LogP contribution >= 0.6 is 0 Å². The molecule has 2 rings (SSSR count). The smallest absolute Gasteiger partial charge is 0.255 e. The van der Waals surface area contributed by atoms with E-state index in [1.54, 1.807) is 36.7 Å². The fraction of sp³-hybridized carbons (Fsp3) is 0.125. The monoisotopic (exact) mass is 266 g/mol. The Morgan fingerprint density at radius 1 is 1.30 bits per heavy atom. The van der Waals surface area contributed by atoms with Crippen LogP contribution in [0.4, 0.5) is 5.69 Å². The zero-order chi connectivity index (χ0) is 14.4. The molecule has 0 spiro atoms.